The minimum absolute atomic E-state index is 0.000402. The van der Waals surface area contributed by atoms with Gasteiger partial charge in [-0.05, 0) is 44.0 Å². The van der Waals surface area contributed by atoms with Gasteiger partial charge in [0.05, 0.1) is 23.2 Å². The lowest BCUT2D eigenvalue weighted by Crippen LogP contribution is -2.38. The van der Waals surface area contributed by atoms with Crippen LogP contribution in [0.2, 0.25) is 0 Å². The molecule has 3 aromatic rings. The molecule has 0 saturated carbocycles. The molecule has 0 unspecified atom stereocenters. The van der Waals surface area contributed by atoms with Gasteiger partial charge in [-0.15, -0.1) is 11.3 Å². The van der Waals surface area contributed by atoms with E-state index >= 15 is 0 Å². The van der Waals surface area contributed by atoms with Crippen LogP contribution in [-0.2, 0) is 6.54 Å². The van der Waals surface area contributed by atoms with Crippen molar-refractivity contribution in [3.63, 3.8) is 0 Å². The number of aromatic nitrogens is 4. The van der Waals surface area contributed by atoms with Gasteiger partial charge in [-0.3, -0.25) is 14.6 Å². The molecular formula is C17H19N5OS. The molecule has 1 fully saturated rings. The molecule has 1 amide bonds. The number of likely N-dealkylation sites (tertiary alicyclic amines) is 1. The zero-order chi connectivity index (χ0) is 16.5. The lowest BCUT2D eigenvalue weighted by molar-refractivity contribution is 0.0715. The highest BCUT2D eigenvalue weighted by molar-refractivity contribution is 7.15. The van der Waals surface area contributed by atoms with Crippen molar-refractivity contribution in [1.29, 1.82) is 0 Å². The summed E-state index contributed by atoms with van der Waals surface area (Å²) in [6, 6.07) is 8.07. The Bertz CT molecular complexity index is 835. The largest absolute Gasteiger partial charge is 0.332 e. The van der Waals surface area contributed by atoms with Crippen LogP contribution in [0.25, 0.3) is 10.6 Å². The Morgan fingerprint density at radius 3 is 3.12 bits per heavy atom. The highest BCUT2D eigenvalue weighted by Crippen LogP contribution is 2.27. The van der Waals surface area contributed by atoms with E-state index < -0.39 is 0 Å². The number of hydrogen-bond donors (Lipinski definition) is 1. The Morgan fingerprint density at radius 1 is 1.46 bits per heavy atom. The number of thiophene rings is 1. The summed E-state index contributed by atoms with van der Waals surface area (Å²) in [7, 11) is 0. The second-order valence-electron chi connectivity index (χ2n) is 6.10. The molecule has 4 rings (SSSR count). The van der Waals surface area contributed by atoms with Gasteiger partial charge in [-0.1, -0.05) is 0 Å². The summed E-state index contributed by atoms with van der Waals surface area (Å²) in [5.41, 5.74) is 1.39. The van der Waals surface area contributed by atoms with Crippen molar-refractivity contribution >= 4 is 17.2 Å². The van der Waals surface area contributed by atoms with E-state index in [-0.39, 0.29) is 11.9 Å². The van der Waals surface area contributed by atoms with E-state index in [1.807, 2.05) is 27.9 Å². The average Bonchev–Trinajstić information content (AvgIpc) is 3.35. The van der Waals surface area contributed by atoms with Crippen molar-refractivity contribution < 1.29 is 4.79 Å². The lowest BCUT2D eigenvalue weighted by Gasteiger charge is -2.23. The molecule has 7 heteroatoms. The zero-order valence-corrected chi connectivity index (χ0v) is 14.3. The van der Waals surface area contributed by atoms with Gasteiger partial charge in [0.25, 0.3) is 5.91 Å². The molecule has 1 atom stereocenters. The van der Waals surface area contributed by atoms with Gasteiger partial charge in [-0.2, -0.15) is 10.2 Å². The number of nitrogens with one attached hydrogen (secondary N) is 1. The van der Waals surface area contributed by atoms with Crippen molar-refractivity contribution in [2.24, 2.45) is 0 Å². The maximum Gasteiger partial charge on any atom is 0.274 e. The van der Waals surface area contributed by atoms with Crippen LogP contribution in [-0.4, -0.2) is 43.4 Å². The van der Waals surface area contributed by atoms with E-state index in [1.165, 1.54) is 4.88 Å². The summed E-state index contributed by atoms with van der Waals surface area (Å²) in [4.78, 5) is 17.1. The Labute approximate surface area is 144 Å². The average molecular weight is 341 g/mol. The maximum atomic E-state index is 12.9. The SMILES string of the molecule is Cc1ccc(-c2cc(C(=O)N3CCC[C@H]3Cn3cccn3)n[nH]2)s1. The molecule has 4 heterocycles. The summed E-state index contributed by atoms with van der Waals surface area (Å²) in [6.45, 7) is 3.59. The Kier molecular flexibility index (Phi) is 3.93. The second kappa shape index (κ2) is 6.24. The highest BCUT2D eigenvalue weighted by atomic mass is 32.1. The third-order valence-corrected chi connectivity index (χ3v) is 5.43. The van der Waals surface area contributed by atoms with E-state index in [0.717, 1.165) is 36.5 Å². The predicted octanol–water partition coefficient (Wildman–Crippen LogP) is 2.95. The van der Waals surface area contributed by atoms with Crippen LogP contribution in [0.15, 0.2) is 36.7 Å². The Hall–Kier alpha value is -2.41. The van der Waals surface area contributed by atoms with Crippen molar-refractivity contribution in [3.8, 4) is 10.6 Å². The van der Waals surface area contributed by atoms with Gasteiger partial charge in [0.15, 0.2) is 5.69 Å². The number of aryl methyl sites for hydroxylation is 1. The first-order valence-electron chi connectivity index (χ1n) is 8.11. The fraction of sp³-hybridized carbons (Fsp3) is 0.353. The maximum absolute atomic E-state index is 12.9. The normalized spacial score (nSPS) is 17.5. The number of H-pyrrole nitrogens is 1. The number of aromatic amines is 1. The van der Waals surface area contributed by atoms with Crippen LogP contribution in [0.4, 0.5) is 0 Å². The van der Waals surface area contributed by atoms with Gasteiger partial charge >= 0.3 is 0 Å². The van der Waals surface area contributed by atoms with Crippen molar-refractivity contribution in [2.45, 2.75) is 32.4 Å². The van der Waals surface area contributed by atoms with E-state index in [0.29, 0.717) is 5.69 Å². The standard InChI is InChI=1S/C17H19N5OS/c1-12-5-6-16(24-12)14-10-15(20-19-14)17(23)22-9-2-4-13(22)11-21-8-3-7-18-21/h3,5-8,10,13H,2,4,9,11H2,1H3,(H,19,20)/t13-/m0/s1. The first-order chi connectivity index (χ1) is 11.7. The number of nitrogens with zero attached hydrogens (tertiary/aromatic N) is 4. The number of carbonyl (C=O) groups excluding carboxylic acids is 1. The molecule has 0 aromatic carbocycles. The quantitative estimate of drug-likeness (QED) is 0.793. The van der Waals surface area contributed by atoms with Crippen molar-refractivity contribution in [3.05, 3.63) is 47.2 Å². The molecule has 24 heavy (non-hydrogen) atoms. The molecule has 0 bridgehead atoms. The molecule has 1 aliphatic heterocycles. The minimum atomic E-state index is 0.000402. The number of rotatable bonds is 4. The van der Waals surface area contributed by atoms with Gasteiger partial charge in [0.1, 0.15) is 0 Å². The molecule has 124 valence electrons. The molecule has 0 aliphatic carbocycles. The fourth-order valence-corrected chi connectivity index (χ4v) is 4.03. The number of amides is 1. The monoisotopic (exact) mass is 341 g/mol. The molecule has 3 aromatic heterocycles. The van der Waals surface area contributed by atoms with Crippen molar-refractivity contribution in [2.75, 3.05) is 6.54 Å². The molecule has 1 aliphatic rings. The van der Waals surface area contributed by atoms with Gasteiger partial charge in [0.2, 0.25) is 0 Å². The summed E-state index contributed by atoms with van der Waals surface area (Å²) in [5.74, 6) is 0.000402. The third kappa shape index (κ3) is 2.87. The summed E-state index contributed by atoms with van der Waals surface area (Å²) < 4.78 is 1.89. The summed E-state index contributed by atoms with van der Waals surface area (Å²) in [5, 5.41) is 11.5. The first-order valence-corrected chi connectivity index (χ1v) is 8.93. The Balaban J connectivity index is 1.51. The number of carbonyl (C=O) groups is 1. The van der Waals surface area contributed by atoms with Crippen LogP contribution in [0.5, 0.6) is 0 Å². The van der Waals surface area contributed by atoms with Crippen LogP contribution >= 0.6 is 11.3 Å². The minimum Gasteiger partial charge on any atom is -0.332 e. The van der Waals surface area contributed by atoms with Crippen molar-refractivity contribution in [1.82, 2.24) is 24.9 Å². The van der Waals surface area contributed by atoms with Crippen LogP contribution in [0, 0.1) is 6.92 Å². The molecule has 0 radical (unpaired) electrons. The Morgan fingerprint density at radius 2 is 2.38 bits per heavy atom. The second-order valence-corrected chi connectivity index (χ2v) is 7.39. The molecule has 1 N–H and O–H groups in total. The van der Waals surface area contributed by atoms with Gasteiger partial charge in [0, 0.05) is 23.8 Å². The fourth-order valence-electron chi connectivity index (χ4n) is 3.20. The summed E-state index contributed by atoms with van der Waals surface area (Å²) in [6.07, 6.45) is 5.74. The van der Waals surface area contributed by atoms with Crippen LogP contribution in [0.1, 0.15) is 28.2 Å². The first kappa shape index (κ1) is 15.1. The molecule has 6 nitrogen and oxygen atoms in total. The lowest BCUT2D eigenvalue weighted by atomic mass is 10.2. The van der Waals surface area contributed by atoms with Gasteiger partial charge < -0.3 is 4.90 Å². The molecule has 1 saturated heterocycles. The van der Waals surface area contributed by atoms with Crippen LogP contribution in [0.3, 0.4) is 0 Å². The van der Waals surface area contributed by atoms with E-state index in [9.17, 15) is 4.79 Å². The van der Waals surface area contributed by atoms with E-state index in [1.54, 1.807) is 17.5 Å². The van der Waals surface area contributed by atoms with Crippen LogP contribution < -0.4 is 0 Å². The topological polar surface area (TPSA) is 66.8 Å². The summed E-state index contributed by atoms with van der Waals surface area (Å²) >= 11 is 1.69. The zero-order valence-electron chi connectivity index (χ0n) is 13.5. The third-order valence-electron chi connectivity index (χ3n) is 4.40. The predicted molar refractivity (Wildman–Crippen MR) is 92.9 cm³/mol. The van der Waals surface area contributed by atoms with E-state index in [2.05, 4.69) is 34.4 Å². The highest BCUT2D eigenvalue weighted by Gasteiger charge is 2.31. The van der Waals surface area contributed by atoms with Gasteiger partial charge in [-0.25, -0.2) is 0 Å². The smallest absolute Gasteiger partial charge is 0.274 e. The van der Waals surface area contributed by atoms with E-state index in [4.69, 9.17) is 0 Å². The molecule has 0 spiro atoms. The molecular weight excluding hydrogens is 322 g/mol. The number of hydrogen-bond acceptors (Lipinski definition) is 4.